The fourth-order valence-electron chi connectivity index (χ4n) is 6.97. The van der Waals surface area contributed by atoms with Gasteiger partial charge < -0.3 is 10.1 Å². The fraction of sp³-hybridized carbons (Fsp3) is 0.781. The number of carbonyl (C=O) groups is 1. The highest BCUT2D eigenvalue weighted by Gasteiger charge is 2.57. The Morgan fingerprint density at radius 1 is 1.03 bits per heavy atom. The molecule has 1 amide bonds. The van der Waals surface area contributed by atoms with E-state index in [4.69, 9.17) is 4.74 Å². The number of hydrogen-bond acceptors (Lipinski definition) is 3. The number of rotatable bonds is 5. The van der Waals surface area contributed by atoms with Crippen LogP contribution in [0, 0.1) is 23.1 Å². The molecule has 4 nitrogen and oxygen atoms in total. The number of benzene rings is 1. The van der Waals surface area contributed by atoms with Gasteiger partial charge in [0.05, 0.1) is 24.7 Å². The van der Waals surface area contributed by atoms with Crippen LogP contribution >= 0.6 is 0 Å². The highest BCUT2D eigenvalue weighted by Crippen LogP contribution is 2.54. The summed E-state index contributed by atoms with van der Waals surface area (Å²) in [5, 5.41) is 3.29. The largest absolute Gasteiger partial charge is 0.377 e. The third-order valence-electron chi connectivity index (χ3n) is 9.85. The lowest BCUT2D eigenvalue weighted by Gasteiger charge is -2.38. The first-order chi connectivity index (χ1) is 17.2. The molecule has 37 heavy (non-hydrogen) atoms. The second kappa shape index (κ2) is 10.3. The van der Waals surface area contributed by atoms with Crippen LogP contribution in [0.15, 0.2) is 12.1 Å². The van der Waals surface area contributed by atoms with Gasteiger partial charge in [-0.25, -0.2) is 4.39 Å². The molecule has 1 saturated carbocycles. The van der Waals surface area contributed by atoms with Crippen molar-refractivity contribution in [3.63, 3.8) is 0 Å². The van der Waals surface area contributed by atoms with Crippen molar-refractivity contribution in [3.05, 3.63) is 34.6 Å². The lowest BCUT2D eigenvalue weighted by atomic mass is 9.71. The summed E-state index contributed by atoms with van der Waals surface area (Å²) in [7, 11) is 0. The van der Waals surface area contributed by atoms with Crippen LogP contribution in [0.3, 0.4) is 0 Å². The van der Waals surface area contributed by atoms with Crippen molar-refractivity contribution in [1.29, 1.82) is 0 Å². The van der Waals surface area contributed by atoms with E-state index < -0.39 is 5.41 Å². The predicted molar refractivity (Wildman–Crippen MR) is 149 cm³/mol. The highest BCUT2D eigenvalue weighted by molar-refractivity contribution is 5.84. The van der Waals surface area contributed by atoms with Crippen molar-refractivity contribution in [2.45, 2.75) is 123 Å². The summed E-state index contributed by atoms with van der Waals surface area (Å²) in [6.07, 6.45) is 6.45. The molecular formula is C32H51FN2O2. The molecule has 3 fully saturated rings. The smallest absolute Gasteiger partial charge is 0.228 e. The van der Waals surface area contributed by atoms with Crippen LogP contribution in [0.5, 0.6) is 0 Å². The van der Waals surface area contributed by atoms with E-state index in [2.05, 4.69) is 84.7 Å². The first-order valence-corrected chi connectivity index (χ1v) is 14.6. The molecule has 1 aromatic rings. The molecular weight excluding hydrogens is 463 g/mol. The Morgan fingerprint density at radius 2 is 1.57 bits per heavy atom. The van der Waals surface area contributed by atoms with Gasteiger partial charge in [-0.1, -0.05) is 79.9 Å². The quantitative estimate of drug-likeness (QED) is 0.464. The molecule has 3 aliphatic rings. The van der Waals surface area contributed by atoms with Gasteiger partial charge in [0.15, 0.2) is 0 Å². The van der Waals surface area contributed by atoms with Crippen molar-refractivity contribution in [3.8, 4) is 0 Å². The lowest BCUT2D eigenvalue weighted by Crippen LogP contribution is -2.56. The molecule has 1 aromatic carbocycles. The molecule has 4 unspecified atom stereocenters. The van der Waals surface area contributed by atoms with Gasteiger partial charge in [-0.15, -0.1) is 0 Å². The van der Waals surface area contributed by atoms with E-state index in [1.807, 2.05) is 0 Å². The summed E-state index contributed by atoms with van der Waals surface area (Å²) in [5.74, 6) is 0.789. The van der Waals surface area contributed by atoms with Crippen LogP contribution < -0.4 is 5.32 Å². The van der Waals surface area contributed by atoms with Gasteiger partial charge in [0.1, 0.15) is 5.82 Å². The van der Waals surface area contributed by atoms with E-state index >= 15 is 4.39 Å². The van der Waals surface area contributed by atoms with Gasteiger partial charge in [0.2, 0.25) is 5.91 Å². The van der Waals surface area contributed by atoms with Crippen molar-refractivity contribution in [2.24, 2.45) is 17.3 Å². The van der Waals surface area contributed by atoms with Gasteiger partial charge in [-0.05, 0) is 66.0 Å². The normalized spacial score (nSPS) is 30.4. The molecule has 2 saturated heterocycles. The maximum absolute atomic E-state index is 16.0. The SMILES string of the molecule is CC1C(c2cc(C(C)(C)C)c(F)c(C(C)(C)C)c2)N(CC2CCCCC2)C(C)C1(C)C(=O)NC1COC1. The Kier molecular flexibility index (Phi) is 7.92. The van der Waals surface area contributed by atoms with E-state index in [9.17, 15) is 4.79 Å². The topological polar surface area (TPSA) is 41.6 Å². The van der Waals surface area contributed by atoms with Crippen LogP contribution in [-0.4, -0.2) is 42.6 Å². The number of nitrogens with one attached hydrogen (secondary N) is 1. The van der Waals surface area contributed by atoms with Crippen molar-refractivity contribution < 1.29 is 13.9 Å². The number of ether oxygens (including phenoxy) is 1. The molecule has 0 spiro atoms. The van der Waals surface area contributed by atoms with E-state index in [0.29, 0.717) is 19.1 Å². The molecule has 0 aromatic heterocycles. The van der Waals surface area contributed by atoms with Crippen LogP contribution in [0.4, 0.5) is 4.39 Å². The summed E-state index contributed by atoms with van der Waals surface area (Å²) in [6.45, 7) is 21.4. The number of hydrogen-bond donors (Lipinski definition) is 1. The maximum Gasteiger partial charge on any atom is 0.228 e. The Balaban J connectivity index is 1.81. The van der Waals surface area contributed by atoms with E-state index in [1.54, 1.807) is 0 Å². The summed E-state index contributed by atoms with van der Waals surface area (Å²) in [4.78, 5) is 16.5. The Bertz CT molecular complexity index is 948. The average Bonchev–Trinajstić information content (AvgIpc) is 2.97. The minimum Gasteiger partial charge on any atom is -0.377 e. The molecule has 0 bridgehead atoms. The van der Waals surface area contributed by atoms with Crippen molar-refractivity contribution in [2.75, 3.05) is 19.8 Å². The van der Waals surface area contributed by atoms with E-state index in [0.717, 1.165) is 23.2 Å². The molecule has 1 N–H and O–H groups in total. The number of halogens is 1. The van der Waals surface area contributed by atoms with Crippen LogP contribution in [0.1, 0.15) is 117 Å². The fourth-order valence-corrected chi connectivity index (χ4v) is 6.97. The molecule has 4 atom stereocenters. The summed E-state index contributed by atoms with van der Waals surface area (Å²) < 4.78 is 21.3. The van der Waals surface area contributed by atoms with Crippen molar-refractivity contribution >= 4 is 5.91 Å². The Labute approximate surface area is 225 Å². The first kappa shape index (κ1) is 28.5. The van der Waals surface area contributed by atoms with Crippen LogP contribution in [0.25, 0.3) is 0 Å². The van der Waals surface area contributed by atoms with Crippen LogP contribution in [0.2, 0.25) is 0 Å². The third-order valence-corrected chi connectivity index (χ3v) is 9.85. The summed E-state index contributed by atoms with van der Waals surface area (Å²) in [5.41, 5.74) is 1.54. The lowest BCUT2D eigenvalue weighted by molar-refractivity contribution is -0.137. The van der Waals surface area contributed by atoms with Gasteiger partial charge in [0.25, 0.3) is 0 Å². The second-order valence-electron chi connectivity index (χ2n) is 14.5. The minimum atomic E-state index is -0.549. The van der Waals surface area contributed by atoms with Gasteiger partial charge in [-0.3, -0.25) is 9.69 Å². The third kappa shape index (κ3) is 5.37. The zero-order valence-electron chi connectivity index (χ0n) is 24.8. The van der Waals surface area contributed by atoms with E-state index in [-0.39, 0.29) is 46.6 Å². The van der Waals surface area contributed by atoms with E-state index in [1.165, 1.54) is 32.1 Å². The number of carbonyl (C=O) groups excluding carboxylic acids is 1. The monoisotopic (exact) mass is 514 g/mol. The number of likely N-dealkylation sites (tertiary alicyclic amines) is 1. The average molecular weight is 515 g/mol. The molecule has 2 heterocycles. The minimum absolute atomic E-state index is 0.0631. The number of amides is 1. The number of nitrogens with zero attached hydrogens (tertiary/aromatic N) is 1. The van der Waals surface area contributed by atoms with Gasteiger partial charge >= 0.3 is 0 Å². The van der Waals surface area contributed by atoms with Gasteiger partial charge in [0, 0.05) is 18.6 Å². The highest BCUT2D eigenvalue weighted by atomic mass is 19.1. The maximum atomic E-state index is 16.0. The molecule has 4 rings (SSSR count). The van der Waals surface area contributed by atoms with Crippen molar-refractivity contribution in [1.82, 2.24) is 10.2 Å². The Hall–Kier alpha value is -1.46. The zero-order chi connectivity index (χ0) is 27.3. The summed E-state index contributed by atoms with van der Waals surface area (Å²) in [6, 6.07) is 4.50. The zero-order valence-corrected chi connectivity index (χ0v) is 24.8. The standard InChI is InChI=1S/C32H51FN2O2/c1-20-28(23-15-25(30(3,4)5)27(33)26(16-23)31(6,7)8)35(17-22-13-11-10-12-14-22)21(2)32(20,9)29(36)34-24-18-37-19-24/h15-16,20-22,24,28H,10-14,17-19H2,1-9H3,(H,34,36). The Morgan fingerprint density at radius 3 is 2.03 bits per heavy atom. The molecule has 0 radical (unpaired) electrons. The first-order valence-electron chi connectivity index (χ1n) is 14.6. The molecule has 5 heteroatoms. The molecule has 2 aliphatic heterocycles. The summed E-state index contributed by atoms with van der Waals surface area (Å²) >= 11 is 0. The molecule has 1 aliphatic carbocycles. The second-order valence-corrected chi connectivity index (χ2v) is 14.5. The molecule has 208 valence electrons. The van der Waals surface area contributed by atoms with Gasteiger partial charge in [-0.2, -0.15) is 0 Å². The van der Waals surface area contributed by atoms with Crippen LogP contribution in [-0.2, 0) is 20.4 Å². The predicted octanol–water partition coefficient (Wildman–Crippen LogP) is 6.90.